The maximum Gasteiger partial charge on any atom is 0.251 e. The molecule has 2 aromatic rings. The molecule has 1 amide bonds. The standard InChI is InChI=1S/C18H21N3OS/c22-18(20-15-10-13-7-9-21(11-13)12-15)14-3-5-16(6-4-14)23-17-2-1-8-19-17/h1-6,8,13,15,19H,7,9-12H2,(H,20,22)/t13-,15-/m1/s1. The number of carbonyl (C=O) groups is 1. The van der Waals surface area contributed by atoms with Crippen molar-refractivity contribution in [2.24, 2.45) is 5.92 Å². The molecule has 2 saturated heterocycles. The van der Waals surface area contributed by atoms with Crippen LogP contribution < -0.4 is 5.32 Å². The fourth-order valence-electron chi connectivity index (χ4n) is 3.61. The van der Waals surface area contributed by atoms with E-state index in [1.54, 1.807) is 11.8 Å². The molecule has 0 saturated carbocycles. The minimum Gasteiger partial charge on any atom is -0.356 e. The molecule has 3 atom stereocenters. The molecule has 23 heavy (non-hydrogen) atoms. The molecule has 0 radical (unpaired) electrons. The van der Waals surface area contributed by atoms with Crippen molar-refractivity contribution < 1.29 is 4.79 Å². The molecule has 5 heteroatoms. The average molecular weight is 327 g/mol. The summed E-state index contributed by atoms with van der Waals surface area (Å²) in [5.74, 6) is 0.822. The van der Waals surface area contributed by atoms with Gasteiger partial charge in [0.2, 0.25) is 0 Å². The van der Waals surface area contributed by atoms with Crippen LogP contribution in [0.2, 0.25) is 0 Å². The Labute approximate surface area is 140 Å². The molecule has 3 heterocycles. The second-order valence-electron chi connectivity index (χ2n) is 6.48. The molecule has 2 N–H and O–H groups in total. The van der Waals surface area contributed by atoms with Gasteiger partial charge in [-0.25, -0.2) is 0 Å². The Balaban J connectivity index is 1.36. The van der Waals surface area contributed by atoms with Crippen molar-refractivity contribution in [3.63, 3.8) is 0 Å². The van der Waals surface area contributed by atoms with E-state index in [-0.39, 0.29) is 5.91 Å². The molecule has 2 aliphatic rings. The van der Waals surface area contributed by atoms with Crippen LogP contribution >= 0.6 is 11.8 Å². The normalized spacial score (nSPS) is 26.2. The minimum atomic E-state index is 0.0499. The first-order valence-corrected chi connectivity index (χ1v) is 9.02. The van der Waals surface area contributed by atoms with E-state index in [2.05, 4.69) is 15.2 Å². The molecule has 120 valence electrons. The third kappa shape index (κ3) is 3.46. The van der Waals surface area contributed by atoms with Gasteiger partial charge >= 0.3 is 0 Å². The summed E-state index contributed by atoms with van der Waals surface area (Å²) in [4.78, 5) is 19.2. The summed E-state index contributed by atoms with van der Waals surface area (Å²) in [5, 5.41) is 4.31. The molecule has 1 unspecified atom stereocenters. The fourth-order valence-corrected chi connectivity index (χ4v) is 4.41. The highest BCUT2D eigenvalue weighted by molar-refractivity contribution is 7.99. The van der Waals surface area contributed by atoms with Crippen molar-refractivity contribution in [1.29, 1.82) is 0 Å². The van der Waals surface area contributed by atoms with E-state index < -0.39 is 0 Å². The monoisotopic (exact) mass is 327 g/mol. The van der Waals surface area contributed by atoms with Crippen molar-refractivity contribution in [1.82, 2.24) is 15.2 Å². The van der Waals surface area contributed by atoms with Crippen molar-refractivity contribution in [2.45, 2.75) is 28.8 Å². The first kappa shape index (κ1) is 14.8. The Morgan fingerprint density at radius 2 is 2.09 bits per heavy atom. The summed E-state index contributed by atoms with van der Waals surface area (Å²) in [6.07, 6.45) is 4.33. The molecule has 0 aliphatic carbocycles. The van der Waals surface area contributed by atoms with Gasteiger partial charge in [-0.05, 0) is 61.7 Å². The number of aromatic nitrogens is 1. The van der Waals surface area contributed by atoms with Gasteiger partial charge in [0.15, 0.2) is 0 Å². The van der Waals surface area contributed by atoms with Crippen LogP contribution in [0.1, 0.15) is 23.2 Å². The van der Waals surface area contributed by atoms with Crippen LogP contribution in [0.15, 0.2) is 52.5 Å². The Morgan fingerprint density at radius 3 is 2.83 bits per heavy atom. The second-order valence-corrected chi connectivity index (χ2v) is 7.60. The fraction of sp³-hybridized carbons (Fsp3) is 0.389. The van der Waals surface area contributed by atoms with Crippen LogP contribution in [-0.4, -0.2) is 41.5 Å². The Hall–Kier alpha value is -1.72. The van der Waals surface area contributed by atoms with E-state index in [0.717, 1.165) is 34.4 Å². The molecule has 2 aliphatic heterocycles. The first-order chi connectivity index (χ1) is 11.3. The zero-order valence-electron chi connectivity index (χ0n) is 13.0. The number of aromatic amines is 1. The number of nitrogens with zero attached hydrogens (tertiary/aromatic N) is 1. The third-order valence-corrected chi connectivity index (χ3v) is 5.70. The predicted molar refractivity (Wildman–Crippen MR) is 91.8 cm³/mol. The number of piperidine rings is 1. The van der Waals surface area contributed by atoms with Gasteiger partial charge in [0.1, 0.15) is 0 Å². The molecule has 2 fully saturated rings. The van der Waals surface area contributed by atoms with E-state index in [1.807, 2.05) is 42.6 Å². The SMILES string of the molecule is O=C(N[C@@H]1C[C@H]2CCN(C2)C1)c1ccc(Sc2ccc[nH]2)cc1. The van der Waals surface area contributed by atoms with Gasteiger partial charge in [-0.3, -0.25) is 4.79 Å². The summed E-state index contributed by atoms with van der Waals surface area (Å²) < 4.78 is 0. The van der Waals surface area contributed by atoms with Gasteiger partial charge in [-0.2, -0.15) is 0 Å². The number of fused-ring (bicyclic) bond motifs is 2. The molecule has 4 rings (SSSR count). The highest BCUT2D eigenvalue weighted by Crippen LogP contribution is 2.28. The van der Waals surface area contributed by atoms with Gasteiger partial charge in [0, 0.05) is 35.8 Å². The van der Waals surface area contributed by atoms with E-state index >= 15 is 0 Å². The van der Waals surface area contributed by atoms with Crippen molar-refractivity contribution in [3.8, 4) is 0 Å². The predicted octanol–water partition coefficient (Wildman–Crippen LogP) is 2.99. The number of hydrogen-bond acceptors (Lipinski definition) is 3. The lowest BCUT2D eigenvalue weighted by Crippen LogP contribution is -2.47. The summed E-state index contributed by atoms with van der Waals surface area (Å²) in [5.41, 5.74) is 0.744. The summed E-state index contributed by atoms with van der Waals surface area (Å²) in [6, 6.07) is 12.2. The van der Waals surface area contributed by atoms with Crippen LogP contribution in [0.3, 0.4) is 0 Å². The van der Waals surface area contributed by atoms with E-state index in [4.69, 9.17) is 0 Å². The zero-order valence-corrected chi connectivity index (χ0v) is 13.8. The molecule has 1 aromatic heterocycles. The van der Waals surface area contributed by atoms with Crippen LogP contribution in [0.25, 0.3) is 0 Å². The van der Waals surface area contributed by atoms with Crippen LogP contribution in [0, 0.1) is 5.92 Å². The molecule has 4 nitrogen and oxygen atoms in total. The quantitative estimate of drug-likeness (QED) is 0.907. The van der Waals surface area contributed by atoms with Gasteiger partial charge in [0.25, 0.3) is 5.91 Å². The van der Waals surface area contributed by atoms with Gasteiger partial charge in [-0.1, -0.05) is 11.8 Å². The number of rotatable bonds is 4. The summed E-state index contributed by atoms with van der Waals surface area (Å²) in [6.45, 7) is 3.42. The lowest BCUT2D eigenvalue weighted by atomic mass is 9.96. The highest BCUT2D eigenvalue weighted by Gasteiger charge is 2.32. The number of hydrogen-bond donors (Lipinski definition) is 2. The number of nitrogens with one attached hydrogen (secondary N) is 2. The van der Waals surface area contributed by atoms with E-state index in [1.165, 1.54) is 19.5 Å². The lowest BCUT2D eigenvalue weighted by Gasteiger charge is -2.30. The van der Waals surface area contributed by atoms with E-state index in [0.29, 0.717) is 6.04 Å². The highest BCUT2D eigenvalue weighted by atomic mass is 32.2. The molecular weight excluding hydrogens is 306 g/mol. The van der Waals surface area contributed by atoms with Gasteiger partial charge < -0.3 is 15.2 Å². The molecular formula is C18H21N3OS. The maximum absolute atomic E-state index is 12.4. The van der Waals surface area contributed by atoms with Crippen LogP contribution in [0.5, 0.6) is 0 Å². The Bertz CT molecular complexity index is 656. The molecule has 1 aromatic carbocycles. The lowest BCUT2D eigenvalue weighted by molar-refractivity contribution is 0.0909. The smallest absolute Gasteiger partial charge is 0.251 e. The van der Waals surface area contributed by atoms with Gasteiger partial charge in [-0.15, -0.1) is 0 Å². The Morgan fingerprint density at radius 1 is 1.22 bits per heavy atom. The minimum absolute atomic E-state index is 0.0499. The first-order valence-electron chi connectivity index (χ1n) is 8.21. The largest absolute Gasteiger partial charge is 0.356 e. The van der Waals surface area contributed by atoms with E-state index in [9.17, 15) is 4.79 Å². The zero-order chi connectivity index (χ0) is 15.6. The topological polar surface area (TPSA) is 48.1 Å². The maximum atomic E-state index is 12.4. The third-order valence-electron chi connectivity index (χ3n) is 4.72. The van der Waals surface area contributed by atoms with Crippen molar-refractivity contribution in [2.75, 3.05) is 19.6 Å². The summed E-state index contributed by atoms with van der Waals surface area (Å²) >= 11 is 1.67. The summed E-state index contributed by atoms with van der Waals surface area (Å²) in [7, 11) is 0. The second kappa shape index (κ2) is 6.42. The van der Waals surface area contributed by atoms with Crippen LogP contribution in [0.4, 0.5) is 0 Å². The Kier molecular flexibility index (Phi) is 4.14. The number of H-pyrrole nitrogens is 1. The van der Waals surface area contributed by atoms with Crippen molar-refractivity contribution in [3.05, 3.63) is 48.2 Å². The molecule has 0 spiro atoms. The average Bonchev–Trinajstić information content (AvgIpc) is 3.18. The van der Waals surface area contributed by atoms with Crippen molar-refractivity contribution >= 4 is 17.7 Å². The molecule has 2 bridgehead atoms. The number of benzene rings is 1. The number of amides is 1. The van der Waals surface area contributed by atoms with Crippen LogP contribution in [-0.2, 0) is 0 Å². The number of carbonyl (C=O) groups excluding carboxylic acids is 1. The van der Waals surface area contributed by atoms with Gasteiger partial charge in [0.05, 0.1) is 5.03 Å².